The van der Waals surface area contributed by atoms with Gasteiger partial charge in [0, 0.05) is 31.9 Å². The summed E-state index contributed by atoms with van der Waals surface area (Å²) in [6.07, 6.45) is 5.14. The van der Waals surface area contributed by atoms with Gasteiger partial charge in [-0.25, -0.2) is 0 Å². The fourth-order valence-corrected chi connectivity index (χ4v) is 3.04. The van der Waals surface area contributed by atoms with Crippen LogP contribution < -0.4 is 10.2 Å². The van der Waals surface area contributed by atoms with Gasteiger partial charge >= 0.3 is 0 Å². The standard InChI is InChI=1S/C18H27N3O/c1-20(17-5-3-2-4-6-17)18(22)14-21-11-9-16(10-12-21)19-13-15-7-8-15/h2-6,15-16,19H,7-14H2,1H3. The Morgan fingerprint density at radius 1 is 1.18 bits per heavy atom. The van der Waals surface area contributed by atoms with Gasteiger partial charge in [0.25, 0.3) is 0 Å². The molecule has 120 valence electrons. The number of benzene rings is 1. The van der Waals surface area contributed by atoms with Gasteiger partial charge < -0.3 is 10.2 Å². The highest BCUT2D eigenvalue weighted by atomic mass is 16.2. The van der Waals surface area contributed by atoms with Crippen LogP contribution >= 0.6 is 0 Å². The van der Waals surface area contributed by atoms with Gasteiger partial charge in [0.05, 0.1) is 6.54 Å². The molecule has 0 aromatic heterocycles. The molecule has 22 heavy (non-hydrogen) atoms. The number of likely N-dealkylation sites (tertiary alicyclic amines) is 1. The Bertz CT molecular complexity index is 478. The molecule has 2 aliphatic rings. The van der Waals surface area contributed by atoms with Crippen molar-refractivity contribution >= 4 is 11.6 Å². The summed E-state index contributed by atoms with van der Waals surface area (Å²) in [4.78, 5) is 16.4. The summed E-state index contributed by atoms with van der Waals surface area (Å²) < 4.78 is 0. The quantitative estimate of drug-likeness (QED) is 0.874. The number of carbonyl (C=O) groups is 1. The minimum Gasteiger partial charge on any atom is -0.314 e. The van der Waals surface area contributed by atoms with E-state index in [-0.39, 0.29) is 5.91 Å². The Morgan fingerprint density at radius 3 is 2.50 bits per heavy atom. The monoisotopic (exact) mass is 301 g/mol. The maximum atomic E-state index is 12.4. The van der Waals surface area contributed by atoms with Gasteiger partial charge in [-0.2, -0.15) is 0 Å². The number of hydrogen-bond donors (Lipinski definition) is 1. The smallest absolute Gasteiger partial charge is 0.240 e. The Labute approximate surface area is 133 Å². The number of para-hydroxylation sites is 1. The zero-order valence-electron chi connectivity index (χ0n) is 13.5. The number of anilines is 1. The Kier molecular flexibility index (Phi) is 5.11. The second-order valence-corrected chi connectivity index (χ2v) is 6.69. The predicted octanol–water partition coefficient (Wildman–Crippen LogP) is 2.11. The first kappa shape index (κ1) is 15.5. The van der Waals surface area contributed by atoms with Gasteiger partial charge in [-0.3, -0.25) is 9.69 Å². The highest BCUT2D eigenvalue weighted by molar-refractivity contribution is 5.94. The van der Waals surface area contributed by atoms with E-state index < -0.39 is 0 Å². The largest absolute Gasteiger partial charge is 0.314 e. The topological polar surface area (TPSA) is 35.6 Å². The molecule has 1 amide bonds. The summed E-state index contributed by atoms with van der Waals surface area (Å²) >= 11 is 0. The number of amides is 1. The van der Waals surface area contributed by atoms with Crippen LogP contribution in [0.4, 0.5) is 5.69 Å². The molecule has 0 bridgehead atoms. The van der Waals surface area contributed by atoms with Crippen molar-refractivity contribution in [2.45, 2.75) is 31.7 Å². The third-order valence-corrected chi connectivity index (χ3v) is 4.86. The molecule has 1 aromatic rings. The van der Waals surface area contributed by atoms with Crippen molar-refractivity contribution in [1.82, 2.24) is 10.2 Å². The molecule has 0 spiro atoms. The molecule has 2 fully saturated rings. The van der Waals surface area contributed by atoms with E-state index in [4.69, 9.17) is 0 Å². The molecule has 4 nitrogen and oxygen atoms in total. The molecule has 1 heterocycles. The minimum atomic E-state index is 0.176. The van der Waals surface area contributed by atoms with E-state index in [1.807, 2.05) is 37.4 Å². The average molecular weight is 301 g/mol. The van der Waals surface area contributed by atoms with Crippen LogP contribution in [0.3, 0.4) is 0 Å². The summed E-state index contributed by atoms with van der Waals surface area (Å²) in [5.41, 5.74) is 0.966. The van der Waals surface area contributed by atoms with Crippen molar-refractivity contribution in [1.29, 1.82) is 0 Å². The number of nitrogens with one attached hydrogen (secondary N) is 1. The first-order chi connectivity index (χ1) is 10.7. The zero-order valence-corrected chi connectivity index (χ0v) is 13.5. The number of likely N-dealkylation sites (N-methyl/N-ethyl adjacent to an activating group) is 1. The van der Waals surface area contributed by atoms with E-state index >= 15 is 0 Å². The molecule has 4 heteroatoms. The summed E-state index contributed by atoms with van der Waals surface area (Å²) in [6, 6.07) is 10.5. The van der Waals surface area contributed by atoms with Crippen molar-refractivity contribution in [2.75, 3.05) is 38.1 Å². The maximum absolute atomic E-state index is 12.4. The fraction of sp³-hybridized carbons (Fsp3) is 0.611. The van der Waals surface area contributed by atoms with Crippen LogP contribution in [-0.2, 0) is 4.79 Å². The maximum Gasteiger partial charge on any atom is 0.240 e. The molecule has 0 unspecified atom stereocenters. The third-order valence-electron chi connectivity index (χ3n) is 4.86. The molecular formula is C18H27N3O. The van der Waals surface area contributed by atoms with E-state index in [1.54, 1.807) is 4.90 Å². The Balaban J connectivity index is 1.40. The summed E-state index contributed by atoms with van der Waals surface area (Å²) in [5, 5.41) is 3.68. The fourth-order valence-electron chi connectivity index (χ4n) is 3.04. The van der Waals surface area contributed by atoms with Crippen LogP contribution in [0.25, 0.3) is 0 Å². The van der Waals surface area contributed by atoms with E-state index in [2.05, 4.69) is 10.2 Å². The van der Waals surface area contributed by atoms with Gasteiger partial charge in [-0.05, 0) is 50.3 Å². The first-order valence-electron chi connectivity index (χ1n) is 8.49. The lowest BCUT2D eigenvalue weighted by Gasteiger charge is -2.33. The van der Waals surface area contributed by atoms with E-state index in [0.29, 0.717) is 12.6 Å². The minimum absolute atomic E-state index is 0.176. The van der Waals surface area contributed by atoms with Crippen LogP contribution in [0, 0.1) is 5.92 Å². The number of nitrogens with zero attached hydrogens (tertiary/aromatic N) is 2. The van der Waals surface area contributed by atoms with E-state index in [0.717, 1.165) is 37.5 Å². The number of rotatable bonds is 6. The highest BCUT2D eigenvalue weighted by Crippen LogP contribution is 2.28. The molecule has 1 saturated carbocycles. The molecule has 1 aliphatic carbocycles. The van der Waals surface area contributed by atoms with Crippen LogP contribution in [0.2, 0.25) is 0 Å². The van der Waals surface area contributed by atoms with Crippen LogP contribution in [0.5, 0.6) is 0 Å². The lowest BCUT2D eigenvalue weighted by Crippen LogP contribution is -2.46. The second kappa shape index (κ2) is 7.25. The van der Waals surface area contributed by atoms with Gasteiger partial charge in [0.2, 0.25) is 5.91 Å². The van der Waals surface area contributed by atoms with Crippen molar-refractivity contribution in [3.05, 3.63) is 30.3 Å². The predicted molar refractivity (Wildman–Crippen MR) is 90.0 cm³/mol. The summed E-state index contributed by atoms with van der Waals surface area (Å²) in [6.45, 7) is 3.77. The number of carbonyl (C=O) groups excluding carboxylic acids is 1. The van der Waals surface area contributed by atoms with Crippen LogP contribution in [0.1, 0.15) is 25.7 Å². The average Bonchev–Trinajstić information content (AvgIpc) is 3.38. The van der Waals surface area contributed by atoms with Crippen molar-refractivity contribution in [2.24, 2.45) is 5.92 Å². The molecule has 1 saturated heterocycles. The normalized spacial score (nSPS) is 20.0. The Morgan fingerprint density at radius 2 is 1.86 bits per heavy atom. The molecule has 1 aromatic carbocycles. The second-order valence-electron chi connectivity index (χ2n) is 6.69. The molecule has 3 rings (SSSR count). The number of piperidine rings is 1. The lowest BCUT2D eigenvalue weighted by molar-refractivity contribution is -0.119. The third kappa shape index (κ3) is 4.31. The summed E-state index contributed by atoms with van der Waals surface area (Å²) in [7, 11) is 1.86. The summed E-state index contributed by atoms with van der Waals surface area (Å²) in [5.74, 6) is 1.12. The molecule has 0 atom stereocenters. The highest BCUT2D eigenvalue weighted by Gasteiger charge is 2.25. The molecule has 1 aliphatic heterocycles. The van der Waals surface area contributed by atoms with Crippen molar-refractivity contribution in [3.8, 4) is 0 Å². The molecular weight excluding hydrogens is 274 g/mol. The van der Waals surface area contributed by atoms with Gasteiger partial charge in [0.15, 0.2) is 0 Å². The van der Waals surface area contributed by atoms with Gasteiger partial charge in [-0.15, -0.1) is 0 Å². The Hall–Kier alpha value is -1.39. The van der Waals surface area contributed by atoms with E-state index in [1.165, 1.54) is 19.4 Å². The zero-order chi connectivity index (χ0) is 15.4. The molecule has 0 radical (unpaired) electrons. The van der Waals surface area contributed by atoms with Gasteiger partial charge in [-0.1, -0.05) is 18.2 Å². The molecule has 1 N–H and O–H groups in total. The lowest BCUT2D eigenvalue weighted by atomic mass is 10.0. The number of hydrogen-bond acceptors (Lipinski definition) is 3. The van der Waals surface area contributed by atoms with Gasteiger partial charge in [0.1, 0.15) is 0 Å². The van der Waals surface area contributed by atoms with Crippen LogP contribution in [-0.4, -0.2) is 50.1 Å². The SMILES string of the molecule is CN(C(=O)CN1CCC(NCC2CC2)CC1)c1ccccc1. The van der Waals surface area contributed by atoms with Crippen molar-refractivity contribution in [3.63, 3.8) is 0 Å². The first-order valence-corrected chi connectivity index (χ1v) is 8.49. The van der Waals surface area contributed by atoms with Crippen LogP contribution in [0.15, 0.2) is 30.3 Å². The van der Waals surface area contributed by atoms with Crippen molar-refractivity contribution < 1.29 is 4.79 Å². The van der Waals surface area contributed by atoms with E-state index in [9.17, 15) is 4.79 Å².